The van der Waals surface area contributed by atoms with Crippen molar-refractivity contribution in [3.05, 3.63) is 60.0 Å². The van der Waals surface area contributed by atoms with Crippen LogP contribution in [0.25, 0.3) is 16.5 Å². The molecule has 0 amide bonds. The molecule has 0 aliphatic carbocycles. The van der Waals surface area contributed by atoms with Gasteiger partial charge in [0.2, 0.25) is 0 Å². The Morgan fingerprint density at radius 3 is 2.74 bits per heavy atom. The molecule has 0 aliphatic rings. The van der Waals surface area contributed by atoms with Crippen molar-refractivity contribution in [2.75, 3.05) is 7.11 Å². The van der Waals surface area contributed by atoms with Crippen LogP contribution in [0, 0.1) is 11.3 Å². The Labute approximate surface area is 136 Å². The highest BCUT2D eigenvalue weighted by atomic mass is 16.5. The molecule has 118 valence electrons. The summed E-state index contributed by atoms with van der Waals surface area (Å²) in [7, 11) is 1.64. The Balaban J connectivity index is 2.77. The predicted molar refractivity (Wildman–Crippen MR) is 95.0 cm³/mol. The predicted octanol–water partition coefficient (Wildman–Crippen LogP) is 3.97. The van der Waals surface area contributed by atoms with Crippen molar-refractivity contribution in [2.24, 2.45) is 5.73 Å². The first-order chi connectivity index (χ1) is 11.1. The molecular formula is C19H21N3O. The summed E-state index contributed by atoms with van der Waals surface area (Å²) < 4.78 is 7.44. The summed E-state index contributed by atoms with van der Waals surface area (Å²) in [4.78, 5) is 0. The number of rotatable bonds is 5. The first kappa shape index (κ1) is 16.4. The molecule has 23 heavy (non-hydrogen) atoms. The number of aryl methyl sites for hydroxylation is 1. The van der Waals surface area contributed by atoms with E-state index in [0.717, 1.165) is 34.5 Å². The number of fused-ring (bicyclic) bond motifs is 1. The monoisotopic (exact) mass is 307 g/mol. The van der Waals surface area contributed by atoms with Crippen molar-refractivity contribution in [3.8, 4) is 11.8 Å². The Kier molecular flexibility index (Phi) is 4.92. The molecule has 0 saturated heterocycles. The van der Waals surface area contributed by atoms with Gasteiger partial charge in [0.1, 0.15) is 11.8 Å². The maximum atomic E-state index is 9.65. The summed E-state index contributed by atoms with van der Waals surface area (Å²) in [6, 6.07) is 8.11. The second kappa shape index (κ2) is 6.89. The number of benzene rings is 1. The molecule has 2 aromatic rings. The van der Waals surface area contributed by atoms with Gasteiger partial charge in [0.05, 0.1) is 23.9 Å². The van der Waals surface area contributed by atoms with Crippen molar-refractivity contribution >= 4 is 16.5 Å². The van der Waals surface area contributed by atoms with E-state index in [1.807, 2.05) is 31.2 Å². The lowest BCUT2D eigenvalue weighted by Gasteiger charge is -2.09. The summed E-state index contributed by atoms with van der Waals surface area (Å²) >= 11 is 0. The molecule has 0 aliphatic heterocycles. The summed E-state index contributed by atoms with van der Waals surface area (Å²) in [6.45, 7) is 8.43. The molecule has 0 unspecified atom stereocenters. The Morgan fingerprint density at radius 2 is 2.17 bits per heavy atom. The van der Waals surface area contributed by atoms with Crippen molar-refractivity contribution in [1.29, 1.82) is 5.26 Å². The van der Waals surface area contributed by atoms with Gasteiger partial charge in [0.25, 0.3) is 0 Å². The van der Waals surface area contributed by atoms with Crippen LogP contribution in [0.4, 0.5) is 0 Å². The Hall–Kier alpha value is -2.93. The first-order valence-electron chi connectivity index (χ1n) is 7.44. The van der Waals surface area contributed by atoms with Crippen LogP contribution >= 0.6 is 0 Å². The van der Waals surface area contributed by atoms with Crippen LogP contribution in [-0.4, -0.2) is 11.7 Å². The maximum Gasteiger partial charge on any atom is 0.120 e. The third kappa shape index (κ3) is 3.00. The lowest BCUT2D eigenvalue weighted by Crippen LogP contribution is -2.00. The molecule has 4 heteroatoms. The van der Waals surface area contributed by atoms with Gasteiger partial charge in [-0.1, -0.05) is 12.7 Å². The minimum absolute atomic E-state index is 0.587. The van der Waals surface area contributed by atoms with Gasteiger partial charge < -0.3 is 15.0 Å². The standard InChI is InChI=1S/C19H21N3O/c1-5-14(21)8-7-13(3)19-17(12-20)16-10-9-15(23-4)11-18(16)22(19)6-2/h5,7-11H,1,6,21H2,2-4H3/b13-7+,14-8+. The average Bonchev–Trinajstić information content (AvgIpc) is 2.91. The average molecular weight is 307 g/mol. The van der Waals surface area contributed by atoms with Crippen LogP contribution in [-0.2, 0) is 6.54 Å². The zero-order chi connectivity index (χ0) is 17.0. The van der Waals surface area contributed by atoms with Crippen LogP contribution in [0.5, 0.6) is 5.75 Å². The summed E-state index contributed by atoms with van der Waals surface area (Å²) in [5.41, 5.74) is 9.90. The summed E-state index contributed by atoms with van der Waals surface area (Å²) in [6.07, 6.45) is 5.30. The van der Waals surface area contributed by atoms with Crippen LogP contribution in [0.3, 0.4) is 0 Å². The second-order valence-electron chi connectivity index (χ2n) is 5.18. The molecule has 1 heterocycles. The zero-order valence-corrected chi connectivity index (χ0v) is 13.8. The molecule has 4 nitrogen and oxygen atoms in total. The first-order valence-corrected chi connectivity index (χ1v) is 7.44. The molecule has 0 bridgehead atoms. The highest BCUT2D eigenvalue weighted by molar-refractivity contribution is 5.93. The van der Waals surface area contributed by atoms with Crippen LogP contribution in [0.1, 0.15) is 25.1 Å². The number of methoxy groups -OCH3 is 1. The van der Waals surface area contributed by atoms with E-state index >= 15 is 0 Å². The van der Waals surface area contributed by atoms with Gasteiger partial charge in [-0.05, 0) is 43.7 Å². The number of aromatic nitrogens is 1. The van der Waals surface area contributed by atoms with E-state index < -0.39 is 0 Å². The molecule has 0 spiro atoms. The third-order valence-electron chi connectivity index (χ3n) is 3.83. The minimum Gasteiger partial charge on any atom is -0.497 e. The van der Waals surface area contributed by atoms with E-state index in [1.165, 1.54) is 0 Å². The van der Waals surface area contributed by atoms with Gasteiger partial charge in [-0.2, -0.15) is 5.26 Å². The third-order valence-corrected chi connectivity index (χ3v) is 3.83. The van der Waals surface area contributed by atoms with Gasteiger partial charge in [-0.15, -0.1) is 0 Å². The summed E-state index contributed by atoms with van der Waals surface area (Å²) in [5.74, 6) is 0.776. The lowest BCUT2D eigenvalue weighted by atomic mass is 10.1. The van der Waals surface area contributed by atoms with Crippen LogP contribution in [0.2, 0.25) is 0 Å². The van der Waals surface area contributed by atoms with E-state index in [4.69, 9.17) is 10.5 Å². The molecule has 0 atom stereocenters. The van der Waals surface area contributed by atoms with Crippen LogP contribution in [0.15, 0.2) is 48.7 Å². The smallest absolute Gasteiger partial charge is 0.120 e. The molecule has 2 rings (SSSR count). The molecule has 0 saturated carbocycles. The summed E-state index contributed by atoms with van der Waals surface area (Å²) in [5, 5.41) is 10.6. The second-order valence-corrected chi connectivity index (χ2v) is 5.18. The van der Waals surface area contributed by atoms with Gasteiger partial charge in [-0.3, -0.25) is 0 Å². The van der Waals surface area contributed by atoms with E-state index in [0.29, 0.717) is 11.3 Å². The normalized spacial score (nSPS) is 12.3. The molecule has 1 aromatic heterocycles. The molecule has 1 aromatic carbocycles. The Bertz CT molecular complexity index is 848. The highest BCUT2D eigenvalue weighted by Gasteiger charge is 2.17. The SMILES string of the molecule is C=C/C(N)=C\C=C(/C)c1c(C#N)c2ccc(OC)cc2n1CC. The number of nitrogens with two attached hydrogens (primary N) is 1. The molecule has 2 N–H and O–H groups in total. The maximum absolute atomic E-state index is 9.65. The van der Waals surface area contributed by atoms with Crippen LogP contribution < -0.4 is 10.5 Å². The van der Waals surface area contributed by atoms with Gasteiger partial charge >= 0.3 is 0 Å². The van der Waals surface area contributed by atoms with Crippen molar-refractivity contribution in [3.63, 3.8) is 0 Å². The number of nitriles is 1. The van der Waals surface area contributed by atoms with Gasteiger partial charge in [-0.25, -0.2) is 0 Å². The molecule has 0 fully saturated rings. The lowest BCUT2D eigenvalue weighted by molar-refractivity contribution is 0.415. The van der Waals surface area contributed by atoms with E-state index in [-0.39, 0.29) is 0 Å². The molecule has 0 radical (unpaired) electrons. The topological polar surface area (TPSA) is 64.0 Å². The number of allylic oxidation sites excluding steroid dienone is 4. The van der Waals surface area contributed by atoms with Crippen molar-refractivity contribution < 1.29 is 4.74 Å². The van der Waals surface area contributed by atoms with E-state index in [1.54, 1.807) is 19.3 Å². The number of hydrogen-bond donors (Lipinski definition) is 1. The zero-order valence-electron chi connectivity index (χ0n) is 13.8. The highest BCUT2D eigenvalue weighted by Crippen LogP contribution is 2.32. The minimum atomic E-state index is 0.587. The number of nitrogens with zero attached hydrogens (tertiary/aromatic N) is 2. The Morgan fingerprint density at radius 1 is 1.43 bits per heavy atom. The fourth-order valence-electron chi connectivity index (χ4n) is 2.68. The quantitative estimate of drug-likeness (QED) is 0.850. The largest absolute Gasteiger partial charge is 0.497 e. The van der Waals surface area contributed by atoms with Gasteiger partial charge in [0.15, 0.2) is 0 Å². The van der Waals surface area contributed by atoms with Gasteiger partial charge in [0, 0.05) is 23.7 Å². The number of hydrogen-bond acceptors (Lipinski definition) is 3. The van der Waals surface area contributed by atoms with E-state index in [9.17, 15) is 5.26 Å². The fraction of sp³-hybridized carbons (Fsp3) is 0.211. The van der Waals surface area contributed by atoms with Crippen molar-refractivity contribution in [1.82, 2.24) is 4.57 Å². The fourth-order valence-corrected chi connectivity index (χ4v) is 2.68. The number of ether oxygens (including phenoxy) is 1. The van der Waals surface area contributed by atoms with E-state index in [2.05, 4.69) is 24.1 Å². The van der Waals surface area contributed by atoms with Crippen molar-refractivity contribution in [2.45, 2.75) is 20.4 Å². The molecular weight excluding hydrogens is 286 g/mol.